The summed E-state index contributed by atoms with van der Waals surface area (Å²) in [6, 6.07) is 5.91. The molecule has 110 valence electrons. The second kappa shape index (κ2) is 4.91. The maximum atomic E-state index is 12.3. The lowest BCUT2D eigenvalue weighted by Crippen LogP contribution is -2.36. The average Bonchev–Trinajstić information content (AvgIpc) is 2.91. The summed E-state index contributed by atoms with van der Waals surface area (Å²) in [5.74, 6) is 0. The molecule has 2 heterocycles. The van der Waals surface area contributed by atoms with Crippen molar-refractivity contribution < 1.29 is 9.21 Å². The molecule has 1 aromatic carbocycles. The highest BCUT2D eigenvalue weighted by atomic mass is 35.5. The van der Waals surface area contributed by atoms with E-state index in [1.807, 2.05) is 0 Å². The summed E-state index contributed by atoms with van der Waals surface area (Å²) in [5.41, 5.74) is 1.33. The molecular formula is C15H16ClN3O2. The number of hydrogen-bond donors (Lipinski definition) is 1. The van der Waals surface area contributed by atoms with Crippen LogP contribution in [0.3, 0.4) is 0 Å². The fraction of sp³-hybridized carbons (Fsp3) is 0.467. The first-order chi connectivity index (χ1) is 10.2. The number of fused-ring (bicyclic) bond motifs is 2. The van der Waals surface area contributed by atoms with Crippen LogP contribution in [0.25, 0.3) is 11.1 Å². The molecule has 1 N–H and O–H groups in total. The number of aromatic nitrogens is 1. The number of benzene rings is 1. The monoisotopic (exact) mass is 305 g/mol. The second-order valence-electron chi connectivity index (χ2n) is 5.74. The number of carbonyl (C=O) groups excluding carboxylic acids is 1. The first-order valence-electron chi connectivity index (χ1n) is 7.38. The lowest BCUT2D eigenvalue weighted by Gasteiger charge is -2.21. The normalized spacial score (nSPS) is 25.8. The Labute approximate surface area is 127 Å². The second-order valence-corrected chi connectivity index (χ2v) is 6.18. The van der Waals surface area contributed by atoms with E-state index >= 15 is 0 Å². The highest BCUT2D eigenvalue weighted by Crippen LogP contribution is 2.33. The van der Waals surface area contributed by atoms with Gasteiger partial charge in [-0.1, -0.05) is 30.9 Å². The fourth-order valence-electron chi connectivity index (χ4n) is 3.36. The minimum atomic E-state index is -0.107. The number of anilines is 1. The molecule has 6 heteroatoms. The van der Waals surface area contributed by atoms with Crippen molar-refractivity contribution in [3.8, 4) is 0 Å². The van der Waals surface area contributed by atoms with Gasteiger partial charge in [0.1, 0.15) is 5.52 Å². The van der Waals surface area contributed by atoms with Crippen molar-refractivity contribution in [3.63, 3.8) is 0 Å². The molecule has 2 aliphatic rings. The van der Waals surface area contributed by atoms with Gasteiger partial charge in [0.15, 0.2) is 5.58 Å². The minimum Gasteiger partial charge on any atom is -0.423 e. The van der Waals surface area contributed by atoms with Crippen LogP contribution >= 0.6 is 11.6 Å². The van der Waals surface area contributed by atoms with Gasteiger partial charge in [0, 0.05) is 5.02 Å². The molecule has 2 atom stereocenters. The van der Waals surface area contributed by atoms with Crippen LogP contribution in [0, 0.1) is 0 Å². The Morgan fingerprint density at radius 2 is 2.14 bits per heavy atom. The van der Waals surface area contributed by atoms with Gasteiger partial charge in [0.05, 0.1) is 12.1 Å². The van der Waals surface area contributed by atoms with Crippen LogP contribution in [-0.4, -0.2) is 23.1 Å². The molecule has 1 aliphatic heterocycles. The predicted molar refractivity (Wildman–Crippen MR) is 80.7 cm³/mol. The molecule has 4 rings (SSSR count). The molecule has 2 amide bonds. The molecule has 2 fully saturated rings. The zero-order chi connectivity index (χ0) is 14.4. The van der Waals surface area contributed by atoms with E-state index in [0.717, 1.165) is 19.3 Å². The van der Waals surface area contributed by atoms with E-state index in [-0.39, 0.29) is 18.1 Å². The Morgan fingerprint density at radius 3 is 3.05 bits per heavy atom. The smallest absolute Gasteiger partial charge is 0.326 e. The molecule has 1 aliphatic carbocycles. The molecule has 5 nitrogen and oxygen atoms in total. The zero-order valence-electron chi connectivity index (χ0n) is 11.5. The van der Waals surface area contributed by atoms with Gasteiger partial charge < -0.3 is 9.73 Å². The van der Waals surface area contributed by atoms with E-state index < -0.39 is 0 Å². The Hall–Kier alpha value is -1.75. The Bertz CT molecular complexity index is 699. The standard InChI is InChI=1S/C15H16ClN3O2/c16-9-6-7-13-11(8-9)18-15(21-13)19-12-5-3-1-2-4-10(12)17-14(19)20/h6-8,10,12H,1-5H2,(H,17,20). The largest absolute Gasteiger partial charge is 0.423 e. The van der Waals surface area contributed by atoms with E-state index in [9.17, 15) is 4.79 Å². The van der Waals surface area contributed by atoms with Crippen molar-refractivity contribution in [2.45, 2.75) is 44.2 Å². The number of nitrogens with one attached hydrogen (secondary N) is 1. The molecule has 0 spiro atoms. The lowest BCUT2D eigenvalue weighted by molar-refractivity contribution is 0.249. The molecule has 1 aromatic heterocycles. The molecule has 0 radical (unpaired) electrons. The molecule has 1 saturated carbocycles. The van der Waals surface area contributed by atoms with Gasteiger partial charge in [-0.2, -0.15) is 4.98 Å². The Kier molecular flexibility index (Phi) is 3.03. The molecule has 1 saturated heterocycles. The number of hydrogen-bond acceptors (Lipinski definition) is 3. The number of halogens is 1. The first-order valence-corrected chi connectivity index (χ1v) is 7.76. The molecular weight excluding hydrogens is 290 g/mol. The van der Waals surface area contributed by atoms with Gasteiger partial charge in [0.2, 0.25) is 0 Å². The topological polar surface area (TPSA) is 58.4 Å². The average molecular weight is 306 g/mol. The van der Waals surface area contributed by atoms with Crippen LogP contribution in [0.4, 0.5) is 10.8 Å². The fourth-order valence-corrected chi connectivity index (χ4v) is 3.53. The summed E-state index contributed by atoms with van der Waals surface area (Å²) in [4.78, 5) is 18.4. The van der Waals surface area contributed by atoms with Gasteiger partial charge in [-0.05, 0) is 31.0 Å². The molecule has 0 bridgehead atoms. The predicted octanol–water partition coefficient (Wildman–Crippen LogP) is 3.71. The first kappa shape index (κ1) is 13.0. The number of amides is 2. The summed E-state index contributed by atoms with van der Waals surface area (Å²) in [6.45, 7) is 0. The van der Waals surface area contributed by atoms with Crippen LogP contribution in [0.15, 0.2) is 22.6 Å². The minimum absolute atomic E-state index is 0.107. The summed E-state index contributed by atoms with van der Waals surface area (Å²) in [5, 5.41) is 3.67. The van der Waals surface area contributed by atoms with Crippen molar-refractivity contribution in [1.82, 2.24) is 10.3 Å². The maximum Gasteiger partial charge on any atom is 0.326 e. The summed E-state index contributed by atoms with van der Waals surface area (Å²) < 4.78 is 5.76. The quantitative estimate of drug-likeness (QED) is 0.873. The zero-order valence-corrected chi connectivity index (χ0v) is 12.3. The third-order valence-electron chi connectivity index (χ3n) is 4.38. The summed E-state index contributed by atoms with van der Waals surface area (Å²) >= 11 is 5.97. The highest BCUT2D eigenvalue weighted by molar-refractivity contribution is 6.31. The lowest BCUT2D eigenvalue weighted by atomic mass is 10.0. The van der Waals surface area contributed by atoms with Gasteiger partial charge in [-0.25, -0.2) is 9.69 Å². The van der Waals surface area contributed by atoms with Gasteiger partial charge in [-0.15, -0.1) is 0 Å². The number of nitrogens with zero attached hydrogens (tertiary/aromatic N) is 2. The molecule has 21 heavy (non-hydrogen) atoms. The van der Waals surface area contributed by atoms with Crippen LogP contribution in [-0.2, 0) is 0 Å². The molecule has 2 unspecified atom stereocenters. The van der Waals surface area contributed by atoms with Crippen molar-refractivity contribution >= 4 is 34.7 Å². The Balaban J connectivity index is 1.73. The van der Waals surface area contributed by atoms with Crippen LogP contribution in [0.5, 0.6) is 0 Å². The number of rotatable bonds is 1. The van der Waals surface area contributed by atoms with Crippen molar-refractivity contribution in [1.29, 1.82) is 0 Å². The van der Waals surface area contributed by atoms with Crippen LogP contribution in [0.1, 0.15) is 32.1 Å². The van der Waals surface area contributed by atoms with E-state index in [0.29, 0.717) is 22.1 Å². The van der Waals surface area contributed by atoms with E-state index in [1.54, 1.807) is 23.1 Å². The highest BCUT2D eigenvalue weighted by Gasteiger charge is 2.42. The van der Waals surface area contributed by atoms with E-state index in [2.05, 4.69) is 10.3 Å². The van der Waals surface area contributed by atoms with Crippen molar-refractivity contribution in [3.05, 3.63) is 23.2 Å². The van der Waals surface area contributed by atoms with E-state index in [1.165, 1.54) is 12.8 Å². The molecule has 2 aromatic rings. The van der Waals surface area contributed by atoms with Crippen molar-refractivity contribution in [2.75, 3.05) is 4.90 Å². The maximum absolute atomic E-state index is 12.3. The summed E-state index contributed by atoms with van der Waals surface area (Å²) in [6.07, 6.45) is 5.54. The van der Waals surface area contributed by atoms with E-state index in [4.69, 9.17) is 16.0 Å². The van der Waals surface area contributed by atoms with Crippen molar-refractivity contribution in [2.24, 2.45) is 0 Å². The van der Waals surface area contributed by atoms with Crippen LogP contribution in [0.2, 0.25) is 5.02 Å². The van der Waals surface area contributed by atoms with Crippen LogP contribution < -0.4 is 10.2 Å². The van der Waals surface area contributed by atoms with Gasteiger partial charge in [0.25, 0.3) is 0 Å². The number of oxazole rings is 1. The SMILES string of the molecule is O=C1NC2CCCCCC2N1c1nc2cc(Cl)ccc2o1. The van der Waals surface area contributed by atoms with Gasteiger partial charge in [-0.3, -0.25) is 0 Å². The Morgan fingerprint density at radius 1 is 1.29 bits per heavy atom. The number of urea groups is 1. The van der Waals surface area contributed by atoms with Gasteiger partial charge >= 0.3 is 12.0 Å². The number of carbonyl (C=O) groups is 1. The third-order valence-corrected chi connectivity index (χ3v) is 4.62. The summed E-state index contributed by atoms with van der Waals surface area (Å²) in [7, 11) is 0. The third kappa shape index (κ3) is 2.16.